The molecule has 3 aromatic heterocycles. The van der Waals surface area contributed by atoms with E-state index in [4.69, 9.17) is 9.97 Å². The van der Waals surface area contributed by atoms with Gasteiger partial charge in [-0.3, -0.25) is 0 Å². The van der Waals surface area contributed by atoms with Crippen molar-refractivity contribution in [2.45, 2.75) is 12.8 Å². The number of benzene rings is 10. The van der Waals surface area contributed by atoms with E-state index in [1.807, 2.05) is 11.3 Å². The summed E-state index contributed by atoms with van der Waals surface area (Å²) >= 11 is 3.63. The van der Waals surface area contributed by atoms with E-state index in [1.54, 1.807) is 11.3 Å². The summed E-state index contributed by atoms with van der Waals surface area (Å²) in [6, 6.07) is 71.2. The van der Waals surface area contributed by atoms with Gasteiger partial charge < -0.3 is 0 Å². The summed E-state index contributed by atoms with van der Waals surface area (Å²) in [5.41, 5.74) is 10.5. The van der Waals surface area contributed by atoms with E-state index >= 15 is 0 Å². The molecule has 13 aromatic rings. The third-order valence-corrected chi connectivity index (χ3v) is 15.0. The van der Waals surface area contributed by atoms with E-state index in [9.17, 15) is 0 Å². The van der Waals surface area contributed by atoms with Crippen LogP contribution in [0.4, 0.5) is 0 Å². The van der Waals surface area contributed by atoms with Gasteiger partial charge in [0, 0.05) is 35.8 Å². The fourth-order valence-electron chi connectivity index (χ4n) is 9.96. The molecule has 290 valence electrons. The van der Waals surface area contributed by atoms with Crippen molar-refractivity contribution in [2.24, 2.45) is 0 Å². The Morgan fingerprint density at radius 3 is 1.90 bits per heavy atom. The van der Waals surface area contributed by atoms with E-state index in [0.29, 0.717) is 0 Å². The van der Waals surface area contributed by atoms with E-state index < -0.39 is 0 Å². The normalized spacial score (nSPS) is 12.0. The van der Waals surface area contributed by atoms with Gasteiger partial charge in [0.25, 0.3) is 0 Å². The zero-order chi connectivity index (χ0) is 40.7. The van der Waals surface area contributed by atoms with E-state index in [-0.39, 0.29) is 0 Å². The number of aromatic nitrogens is 2. The van der Waals surface area contributed by atoms with Crippen LogP contribution in [0.3, 0.4) is 0 Å². The molecule has 0 bridgehead atoms. The van der Waals surface area contributed by atoms with Gasteiger partial charge >= 0.3 is 0 Å². The lowest BCUT2D eigenvalue weighted by Gasteiger charge is -2.15. The lowest BCUT2D eigenvalue weighted by Crippen LogP contribution is -2.02. The van der Waals surface area contributed by atoms with Crippen LogP contribution in [-0.2, 0) is 12.8 Å². The van der Waals surface area contributed by atoms with Crippen molar-refractivity contribution in [2.75, 3.05) is 0 Å². The van der Waals surface area contributed by atoms with Crippen LogP contribution in [-0.4, -0.2) is 9.97 Å². The molecule has 10 aromatic carbocycles. The van der Waals surface area contributed by atoms with E-state index in [2.05, 4.69) is 194 Å². The summed E-state index contributed by atoms with van der Waals surface area (Å²) in [7, 11) is 0. The summed E-state index contributed by atoms with van der Waals surface area (Å²) in [4.78, 5) is 11.7. The number of fused-ring (bicyclic) bond motifs is 13. The van der Waals surface area contributed by atoms with E-state index in [1.165, 1.54) is 101 Å². The minimum absolute atomic E-state index is 0.778. The van der Waals surface area contributed by atoms with Crippen LogP contribution >= 0.6 is 22.7 Å². The molecule has 0 aliphatic carbocycles. The minimum Gasteiger partial charge on any atom is -0.247 e. The summed E-state index contributed by atoms with van der Waals surface area (Å²) in [5, 5.41) is 14.1. The first kappa shape index (κ1) is 35.5. The molecule has 3 heterocycles. The van der Waals surface area contributed by atoms with Gasteiger partial charge in [-0.25, -0.2) is 9.97 Å². The largest absolute Gasteiger partial charge is 0.247 e. The molecule has 0 amide bonds. The van der Waals surface area contributed by atoms with Crippen LogP contribution in [0.5, 0.6) is 0 Å². The molecule has 0 fully saturated rings. The summed E-state index contributed by atoms with van der Waals surface area (Å²) in [6.07, 6.45) is 1.62. The van der Waals surface area contributed by atoms with Crippen LogP contribution in [0.25, 0.3) is 117 Å². The van der Waals surface area contributed by atoms with Crippen molar-refractivity contribution >= 4 is 106 Å². The number of thiophene rings is 2. The topological polar surface area (TPSA) is 25.8 Å². The average molecular weight is 825 g/mol. The number of hydrogen-bond acceptors (Lipinski definition) is 4. The molecule has 0 aliphatic heterocycles. The van der Waals surface area contributed by atoms with Gasteiger partial charge in [0.05, 0.1) is 11.4 Å². The van der Waals surface area contributed by atoms with Gasteiger partial charge in [0.15, 0.2) is 0 Å². The maximum atomic E-state index is 5.39. The molecular weight excluding hydrogens is 789 g/mol. The van der Waals surface area contributed by atoms with Crippen molar-refractivity contribution in [1.82, 2.24) is 9.97 Å². The number of aryl methyl sites for hydroxylation is 2. The van der Waals surface area contributed by atoms with Crippen LogP contribution in [0.2, 0.25) is 0 Å². The van der Waals surface area contributed by atoms with Gasteiger partial charge in [-0.05, 0) is 114 Å². The highest BCUT2D eigenvalue weighted by atomic mass is 32.1. The zero-order valence-electron chi connectivity index (χ0n) is 33.6. The van der Waals surface area contributed by atoms with Gasteiger partial charge in [-0.15, -0.1) is 22.7 Å². The molecule has 0 spiro atoms. The highest BCUT2D eigenvalue weighted by Gasteiger charge is 2.20. The van der Waals surface area contributed by atoms with Crippen molar-refractivity contribution in [3.63, 3.8) is 0 Å². The molecule has 0 atom stereocenters. The lowest BCUT2D eigenvalue weighted by atomic mass is 9.89. The third kappa shape index (κ3) is 5.61. The van der Waals surface area contributed by atoms with Crippen molar-refractivity contribution < 1.29 is 0 Å². The highest BCUT2D eigenvalue weighted by Crippen LogP contribution is 2.47. The maximum absolute atomic E-state index is 5.39. The monoisotopic (exact) mass is 824 g/mol. The third-order valence-electron chi connectivity index (χ3n) is 12.8. The second kappa shape index (κ2) is 14.2. The lowest BCUT2D eigenvalue weighted by molar-refractivity contribution is 0.919. The second-order valence-corrected chi connectivity index (χ2v) is 18.4. The molecular formula is C58H36N2S2. The quantitative estimate of drug-likeness (QED) is 0.156. The average Bonchev–Trinajstić information content (AvgIpc) is 3.91. The van der Waals surface area contributed by atoms with Crippen molar-refractivity contribution in [3.05, 3.63) is 205 Å². The summed E-state index contributed by atoms with van der Waals surface area (Å²) in [5.74, 6) is 0. The number of rotatable bonds is 6. The Balaban J connectivity index is 0.936. The molecule has 0 unspecified atom stereocenters. The number of nitrogens with zero attached hydrogens (tertiary/aromatic N) is 2. The Morgan fingerprint density at radius 1 is 0.355 bits per heavy atom. The molecule has 0 aliphatic rings. The van der Waals surface area contributed by atoms with Crippen LogP contribution < -0.4 is 0 Å². The van der Waals surface area contributed by atoms with Crippen molar-refractivity contribution in [3.8, 4) is 33.5 Å². The predicted molar refractivity (Wildman–Crippen MR) is 268 cm³/mol. The molecule has 0 N–H and O–H groups in total. The van der Waals surface area contributed by atoms with Gasteiger partial charge in [-0.1, -0.05) is 164 Å². The molecule has 0 saturated carbocycles. The fraction of sp³-hybridized carbons (Fsp3) is 0.0345. The molecule has 2 nitrogen and oxygen atoms in total. The Bertz CT molecular complexity index is 3930. The molecule has 0 radical (unpaired) electrons. The van der Waals surface area contributed by atoms with Crippen LogP contribution in [0.1, 0.15) is 11.3 Å². The van der Waals surface area contributed by atoms with E-state index in [0.717, 1.165) is 40.1 Å². The molecule has 62 heavy (non-hydrogen) atoms. The standard InChI is InChI=1S/C58H36N2S2/c1-2-15-36(16-3-1)56-50(59-57-47-24-12-13-25-51(47)62-58(57)60-56)30-27-35-14-4-6-18-40(35)49-34-53-55(46-23-11-10-22-45(46)49)54-42-29-26-39(32-38(42)28-31-52(54)61-53)48-33-37-17-5-7-19-41(37)43-20-8-9-21-44(43)48/h1-26,28-29,31-34H,27,30H2. The van der Waals surface area contributed by atoms with Gasteiger partial charge in [-0.2, -0.15) is 0 Å². The minimum atomic E-state index is 0.778. The van der Waals surface area contributed by atoms with Gasteiger partial charge in [0.2, 0.25) is 0 Å². The smallest absolute Gasteiger partial charge is 0.143 e. The predicted octanol–water partition coefficient (Wildman–Crippen LogP) is 16.6. The van der Waals surface area contributed by atoms with Gasteiger partial charge in [0.1, 0.15) is 10.3 Å². The van der Waals surface area contributed by atoms with Crippen LogP contribution in [0.15, 0.2) is 194 Å². The Hall–Kier alpha value is -7.24. The summed E-state index contributed by atoms with van der Waals surface area (Å²) < 4.78 is 3.85. The maximum Gasteiger partial charge on any atom is 0.143 e. The Labute approximate surface area is 366 Å². The highest BCUT2D eigenvalue weighted by molar-refractivity contribution is 7.26. The van der Waals surface area contributed by atoms with Crippen molar-refractivity contribution in [1.29, 1.82) is 0 Å². The SMILES string of the molecule is c1ccc(-c2nc3sc4ccccc4c3nc2CCc2ccccc2-c2cc3sc4ccc5cc(-c6cc7ccccc7c7ccccc67)ccc5c4c3c3ccccc23)cc1. The van der Waals surface area contributed by atoms with Crippen LogP contribution in [0, 0.1) is 0 Å². The Morgan fingerprint density at radius 2 is 1.03 bits per heavy atom. The summed E-state index contributed by atoms with van der Waals surface area (Å²) in [6.45, 7) is 0. The molecule has 4 heteroatoms. The molecule has 0 saturated heterocycles. The Kier molecular flexibility index (Phi) is 8.12. The second-order valence-electron chi connectivity index (χ2n) is 16.3. The first-order valence-corrected chi connectivity index (χ1v) is 22.9. The first-order valence-electron chi connectivity index (χ1n) is 21.3. The fourth-order valence-corrected chi connectivity index (χ4v) is 12.2. The number of hydrogen-bond donors (Lipinski definition) is 0. The first-order chi connectivity index (χ1) is 30.7. The zero-order valence-corrected chi connectivity index (χ0v) is 35.2. The molecule has 13 rings (SSSR count).